The first-order valence-corrected chi connectivity index (χ1v) is 6.42. The van der Waals surface area contributed by atoms with Crippen molar-refractivity contribution < 1.29 is 4.74 Å². The first-order chi connectivity index (χ1) is 9.06. The number of nitrogens with two attached hydrogens (primary N) is 1. The number of thiocarbonyl (C=S) groups is 1. The van der Waals surface area contributed by atoms with E-state index in [0.717, 1.165) is 11.3 Å². The van der Waals surface area contributed by atoms with Gasteiger partial charge in [0.2, 0.25) is 0 Å². The van der Waals surface area contributed by atoms with E-state index in [2.05, 4.69) is 24.9 Å². The van der Waals surface area contributed by atoms with Crippen molar-refractivity contribution in [3.8, 4) is 5.75 Å². The maximum absolute atomic E-state index is 5.75. The van der Waals surface area contributed by atoms with Crippen molar-refractivity contribution in [1.29, 1.82) is 0 Å². The lowest BCUT2D eigenvalue weighted by Gasteiger charge is -2.09. The van der Waals surface area contributed by atoms with Gasteiger partial charge in [-0.05, 0) is 54.8 Å². The Morgan fingerprint density at radius 3 is 2.68 bits per heavy atom. The van der Waals surface area contributed by atoms with Gasteiger partial charge in [0.05, 0.1) is 5.69 Å². The molecule has 19 heavy (non-hydrogen) atoms. The summed E-state index contributed by atoms with van der Waals surface area (Å²) < 4.78 is 5.75. The third-order valence-corrected chi connectivity index (χ3v) is 3.17. The summed E-state index contributed by atoms with van der Waals surface area (Å²) in [7, 11) is 0. The molecule has 0 aliphatic heterocycles. The predicted octanol–water partition coefficient (Wildman–Crippen LogP) is 2.91. The van der Waals surface area contributed by atoms with Gasteiger partial charge < -0.3 is 10.5 Å². The number of ether oxygens (including phenoxy) is 1. The fraction of sp³-hybridized carbons (Fsp3) is 0.200. The molecule has 0 fully saturated rings. The lowest BCUT2D eigenvalue weighted by Crippen LogP contribution is -2.12. The number of hydrogen-bond acceptors (Lipinski definition) is 3. The number of nitrogens with zero attached hydrogens (tertiary/aromatic N) is 1. The zero-order valence-electron chi connectivity index (χ0n) is 11.0. The second kappa shape index (κ2) is 5.80. The third-order valence-electron chi connectivity index (χ3n) is 2.96. The van der Waals surface area contributed by atoms with E-state index in [1.54, 1.807) is 6.20 Å². The van der Waals surface area contributed by atoms with E-state index >= 15 is 0 Å². The van der Waals surface area contributed by atoms with Crippen LogP contribution < -0.4 is 10.5 Å². The number of benzene rings is 1. The van der Waals surface area contributed by atoms with Gasteiger partial charge >= 0.3 is 0 Å². The van der Waals surface area contributed by atoms with E-state index in [1.165, 1.54) is 11.1 Å². The van der Waals surface area contributed by atoms with Crippen LogP contribution >= 0.6 is 12.2 Å². The molecule has 0 amide bonds. The summed E-state index contributed by atoms with van der Waals surface area (Å²) >= 11 is 4.91. The molecule has 4 heteroatoms. The fourth-order valence-electron chi connectivity index (χ4n) is 1.67. The van der Waals surface area contributed by atoms with E-state index in [0.29, 0.717) is 17.3 Å². The Labute approximate surface area is 118 Å². The highest BCUT2D eigenvalue weighted by Crippen LogP contribution is 2.17. The molecular weight excluding hydrogens is 256 g/mol. The molecular formula is C15H16N2OS. The Bertz CT molecular complexity index is 611. The number of pyridine rings is 1. The molecule has 0 unspecified atom stereocenters. The molecule has 0 spiro atoms. The van der Waals surface area contributed by atoms with Crippen LogP contribution in [0.25, 0.3) is 0 Å². The average Bonchev–Trinajstić information content (AvgIpc) is 2.40. The fourth-order valence-corrected chi connectivity index (χ4v) is 1.78. The molecule has 2 aromatic rings. The van der Waals surface area contributed by atoms with E-state index in [-0.39, 0.29) is 0 Å². The van der Waals surface area contributed by atoms with E-state index in [9.17, 15) is 0 Å². The van der Waals surface area contributed by atoms with Gasteiger partial charge in [0.15, 0.2) is 0 Å². The zero-order valence-corrected chi connectivity index (χ0v) is 11.8. The predicted molar refractivity (Wildman–Crippen MR) is 80.4 cm³/mol. The van der Waals surface area contributed by atoms with Gasteiger partial charge in [0, 0.05) is 6.20 Å². The van der Waals surface area contributed by atoms with Gasteiger partial charge in [-0.1, -0.05) is 18.3 Å². The minimum atomic E-state index is 0.299. The summed E-state index contributed by atoms with van der Waals surface area (Å²) in [6, 6.07) is 9.80. The molecule has 98 valence electrons. The van der Waals surface area contributed by atoms with Crippen LogP contribution in [0.1, 0.15) is 22.4 Å². The van der Waals surface area contributed by atoms with E-state index < -0.39 is 0 Å². The van der Waals surface area contributed by atoms with E-state index in [4.69, 9.17) is 22.7 Å². The summed E-state index contributed by atoms with van der Waals surface area (Å²) in [5.41, 5.74) is 9.65. The van der Waals surface area contributed by atoms with Crippen molar-refractivity contribution in [3.05, 3.63) is 58.9 Å². The SMILES string of the molecule is Cc1ccc(OCc2ccnc(C(N)=S)c2)cc1C. The van der Waals surface area contributed by atoms with Crippen LogP contribution in [0.3, 0.4) is 0 Å². The van der Waals surface area contributed by atoms with Crippen LogP contribution in [0.2, 0.25) is 0 Å². The molecule has 0 bridgehead atoms. The standard InChI is InChI=1S/C15H16N2OS/c1-10-3-4-13(7-11(10)2)18-9-12-5-6-17-14(8-12)15(16)19/h3-8H,9H2,1-2H3,(H2,16,19). The summed E-state index contributed by atoms with van der Waals surface area (Å²) in [6.45, 7) is 4.62. The number of hydrogen-bond donors (Lipinski definition) is 1. The maximum atomic E-state index is 5.75. The van der Waals surface area contributed by atoms with Gasteiger partial charge in [-0.2, -0.15) is 0 Å². The number of aryl methyl sites for hydroxylation is 2. The highest BCUT2D eigenvalue weighted by atomic mass is 32.1. The maximum Gasteiger partial charge on any atom is 0.122 e. The molecule has 1 aromatic carbocycles. The van der Waals surface area contributed by atoms with Crippen molar-refractivity contribution in [3.63, 3.8) is 0 Å². The largest absolute Gasteiger partial charge is 0.489 e. The van der Waals surface area contributed by atoms with Crippen LogP contribution in [0, 0.1) is 13.8 Å². The molecule has 0 atom stereocenters. The average molecular weight is 272 g/mol. The van der Waals surface area contributed by atoms with Gasteiger partial charge in [-0.3, -0.25) is 4.98 Å². The number of aromatic nitrogens is 1. The molecule has 2 rings (SSSR count). The second-order valence-corrected chi connectivity index (χ2v) is 4.89. The van der Waals surface area contributed by atoms with Crippen molar-refractivity contribution >= 4 is 17.2 Å². The molecule has 0 saturated carbocycles. The van der Waals surface area contributed by atoms with E-state index in [1.807, 2.05) is 24.3 Å². The molecule has 1 aromatic heterocycles. The normalized spacial score (nSPS) is 10.2. The Balaban J connectivity index is 2.07. The number of rotatable bonds is 4. The lowest BCUT2D eigenvalue weighted by molar-refractivity contribution is 0.306. The van der Waals surface area contributed by atoms with Crippen LogP contribution in [0.4, 0.5) is 0 Å². The zero-order chi connectivity index (χ0) is 13.8. The second-order valence-electron chi connectivity index (χ2n) is 4.45. The molecule has 0 aliphatic carbocycles. The molecule has 0 aliphatic rings. The van der Waals surface area contributed by atoms with Crippen molar-refractivity contribution in [1.82, 2.24) is 4.98 Å². The minimum absolute atomic E-state index is 0.299. The first-order valence-electron chi connectivity index (χ1n) is 6.01. The van der Waals surface area contributed by atoms with Gasteiger partial charge in [0.25, 0.3) is 0 Å². The minimum Gasteiger partial charge on any atom is -0.489 e. The molecule has 0 radical (unpaired) electrons. The van der Waals surface area contributed by atoms with Gasteiger partial charge in [0.1, 0.15) is 17.3 Å². The van der Waals surface area contributed by atoms with Crippen LogP contribution in [-0.4, -0.2) is 9.97 Å². The van der Waals surface area contributed by atoms with Crippen LogP contribution in [-0.2, 0) is 6.61 Å². The molecule has 3 nitrogen and oxygen atoms in total. The Morgan fingerprint density at radius 2 is 2.00 bits per heavy atom. The van der Waals surface area contributed by atoms with Crippen molar-refractivity contribution in [2.45, 2.75) is 20.5 Å². The smallest absolute Gasteiger partial charge is 0.122 e. The van der Waals surface area contributed by atoms with Gasteiger partial charge in [-0.25, -0.2) is 0 Å². The topological polar surface area (TPSA) is 48.1 Å². The molecule has 2 N–H and O–H groups in total. The Morgan fingerprint density at radius 1 is 1.21 bits per heavy atom. The molecule has 1 heterocycles. The van der Waals surface area contributed by atoms with Crippen molar-refractivity contribution in [2.75, 3.05) is 0 Å². The summed E-state index contributed by atoms with van der Waals surface area (Å²) in [5, 5.41) is 0. The highest BCUT2D eigenvalue weighted by molar-refractivity contribution is 7.80. The highest BCUT2D eigenvalue weighted by Gasteiger charge is 2.02. The van der Waals surface area contributed by atoms with Crippen LogP contribution in [0.5, 0.6) is 5.75 Å². The summed E-state index contributed by atoms with van der Waals surface area (Å²) in [5.74, 6) is 0.858. The summed E-state index contributed by atoms with van der Waals surface area (Å²) in [6.07, 6.45) is 1.69. The van der Waals surface area contributed by atoms with Gasteiger partial charge in [-0.15, -0.1) is 0 Å². The Hall–Kier alpha value is -1.94. The third kappa shape index (κ3) is 3.51. The lowest BCUT2D eigenvalue weighted by atomic mass is 10.1. The quantitative estimate of drug-likeness (QED) is 0.869. The van der Waals surface area contributed by atoms with Crippen LogP contribution in [0.15, 0.2) is 36.5 Å². The monoisotopic (exact) mass is 272 g/mol. The molecule has 0 saturated heterocycles. The first kappa shape index (κ1) is 13.5. The Kier molecular flexibility index (Phi) is 4.12. The van der Waals surface area contributed by atoms with Crippen molar-refractivity contribution in [2.24, 2.45) is 5.73 Å². The summed E-state index contributed by atoms with van der Waals surface area (Å²) in [4.78, 5) is 4.40.